The van der Waals surface area contributed by atoms with E-state index in [-0.39, 0.29) is 17.4 Å². The molecular formula is C31H39ClN4O2. The van der Waals surface area contributed by atoms with Gasteiger partial charge in [0.15, 0.2) is 0 Å². The summed E-state index contributed by atoms with van der Waals surface area (Å²) in [7, 11) is 2.08. The number of benzene rings is 2. The Hall–Kier alpha value is -3.35. The van der Waals surface area contributed by atoms with Gasteiger partial charge in [-0.05, 0) is 75.7 Å². The number of rotatable bonds is 10. The van der Waals surface area contributed by atoms with Crippen molar-refractivity contribution >= 4 is 34.8 Å². The quantitative estimate of drug-likeness (QED) is 0.226. The Morgan fingerprint density at radius 2 is 1.74 bits per heavy atom. The molecule has 0 atom stereocenters. The summed E-state index contributed by atoms with van der Waals surface area (Å²) in [5, 5.41) is 0.715. The average molecular weight is 535 g/mol. The monoisotopic (exact) mass is 534 g/mol. The molecule has 0 aliphatic carbocycles. The van der Waals surface area contributed by atoms with Gasteiger partial charge < -0.3 is 15.5 Å². The molecule has 2 aromatic rings. The maximum Gasteiger partial charge on any atom is 0.254 e. The van der Waals surface area contributed by atoms with Gasteiger partial charge in [-0.3, -0.25) is 14.5 Å². The minimum absolute atomic E-state index is 0.0107. The lowest BCUT2D eigenvalue weighted by atomic mass is 9.97. The van der Waals surface area contributed by atoms with E-state index < -0.39 is 0 Å². The van der Waals surface area contributed by atoms with Gasteiger partial charge in [0, 0.05) is 48.4 Å². The fourth-order valence-electron chi connectivity index (χ4n) is 4.28. The van der Waals surface area contributed by atoms with E-state index in [0.29, 0.717) is 42.5 Å². The molecule has 1 aliphatic rings. The largest absolute Gasteiger partial charge is 0.399 e. The predicted octanol–water partition coefficient (Wildman–Crippen LogP) is 6.13. The highest BCUT2D eigenvalue weighted by Crippen LogP contribution is 2.29. The van der Waals surface area contributed by atoms with Crippen LogP contribution in [0.2, 0.25) is 0 Å². The molecule has 0 fully saturated rings. The first-order valence-corrected chi connectivity index (χ1v) is 13.3. The van der Waals surface area contributed by atoms with Gasteiger partial charge in [-0.25, -0.2) is 0 Å². The van der Waals surface area contributed by atoms with E-state index in [4.69, 9.17) is 17.3 Å². The number of anilines is 2. The molecule has 0 unspecified atom stereocenters. The molecule has 2 amide bonds. The maximum atomic E-state index is 12.9. The smallest absolute Gasteiger partial charge is 0.254 e. The first-order chi connectivity index (χ1) is 18.0. The number of amides is 2. The van der Waals surface area contributed by atoms with Crippen molar-refractivity contribution in [1.29, 1.82) is 0 Å². The number of halogens is 1. The van der Waals surface area contributed by atoms with Crippen molar-refractivity contribution in [2.45, 2.75) is 52.7 Å². The zero-order valence-electron chi connectivity index (χ0n) is 23.1. The second kappa shape index (κ2) is 12.9. The maximum absolute atomic E-state index is 12.9. The van der Waals surface area contributed by atoms with Crippen LogP contribution in [-0.4, -0.2) is 47.3 Å². The zero-order chi connectivity index (χ0) is 27.9. The Balaban J connectivity index is 1.80. The SMILES string of the molecule is C/C=C(Cl)\C=C/CC(C)(C)N(C)Cc1ccc(N)cc1N(Cc1ccc(C(=O)N2CC=CC2)cc1)C(C)=O. The number of nitrogens with two attached hydrogens (primary N) is 1. The van der Waals surface area contributed by atoms with Crippen LogP contribution in [0.5, 0.6) is 0 Å². The summed E-state index contributed by atoms with van der Waals surface area (Å²) in [5.74, 6) is -0.0671. The molecule has 3 rings (SSSR count). The van der Waals surface area contributed by atoms with Crippen molar-refractivity contribution in [3.8, 4) is 0 Å². The Morgan fingerprint density at radius 1 is 1.08 bits per heavy atom. The summed E-state index contributed by atoms with van der Waals surface area (Å²) >= 11 is 6.11. The van der Waals surface area contributed by atoms with Gasteiger partial charge in [-0.2, -0.15) is 0 Å². The third kappa shape index (κ3) is 7.59. The summed E-state index contributed by atoms with van der Waals surface area (Å²) in [5.41, 5.74) is 10.00. The van der Waals surface area contributed by atoms with Crippen molar-refractivity contribution in [2.24, 2.45) is 0 Å². The third-order valence-corrected chi connectivity index (χ3v) is 7.38. The third-order valence-electron chi connectivity index (χ3n) is 7.04. The minimum atomic E-state index is -0.144. The number of hydrogen-bond donors (Lipinski definition) is 1. The van der Waals surface area contributed by atoms with Crippen molar-refractivity contribution in [3.63, 3.8) is 0 Å². The van der Waals surface area contributed by atoms with Crippen molar-refractivity contribution in [1.82, 2.24) is 9.80 Å². The summed E-state index contributed by atoms with van der Waals surface area (Å²) in [6.45, 7) is 10.1. The Labute approximate surface area is 232 Å². The van der Waals surface area contributed by atoms with E-state index in [1.54, 1.807) is 16.7 Å². The molecule has 0 aromatic heterocycles. The molecule has 6 nitrogen and oxygen atoms in total. The molecule has 0 spiro atoms. The standard InChI is InChI=1S/C31H39ClN4O2/c1-6-27(32)10-9-17-31(3,4)34(5)22-26-15-16-28(33)20-29(26)36(23(2)37)21-24-11-13-25(14-12-24)30(38)35-18-7-8-19-35/h6-16,20H,17-19,21-22,33H2,1-5H3/b10-9-,27-6+. The number of carbonyl (C=O) groups is 2. The van der Waals surface area contributed by atoms with Crippen LogP contribution in [0.4, 0.5) is 11.4 Å². The van der Waals surface area contributed by atoms with Crippen LogP contribution in [0.3, 0.4) is 0 Å². The molecule has 2 aromatic carbocycles. The molecular weight excluding hydrogens is 496 g/mol. The number of nitrogens with zero attached hydrogens (tertiary/aromatic N) is 3. The predicted molar refractivity (Wildman–Crippen MR) is 158 cm³/mol. The van der Waals surface area contributed by atoms with Crippen molar-refractivity contribution < 1.29 is 9.59 Å². The molecule has 7 heteroatoms. The summed E-state index contributed by atoms with van der Waals surface area (Å²) in [6.07, 6.45) is 10.7. The van der Waals surface area contributed by atoms with E-state index in [9.17, 15) is 9.59 Å². The van der Waals surface area contributed by atoms with E-state index in [0.717, 1.165) is 23.2 Å². The fourth-order valence-corrected chi connectivity index (χ4v) is 4.36. The van der Waals surface area contributed by atoms with Gasteiger partial charge >= 0.3 is 0 Å². The van der Waals surface area contributed by atoms with Crippen LogP contribution in [0.1, 0.15) is 55.6 Å². The molecule has 2 N–H and O–H groups in total. The van der Waals surface area contributed by atoms with Crippen LogP contribution < -0.4 is 10.6 Å². The molecule has 0 saturated heterocycles. The van der Waals surface area contributed by atoms with Crippen LogP contribution in [0, 0.1) is 0 Å². The van der Waals surface area contributed by atoms with Gasteiger partial charge in [-0.1, -0.05) is 54.1 Å². The molecule has 0 bridgehead atoms. The van der Waals surface area contributed by atoms with Crippen LogP contribution in [0.25, 0.3) is 0 Å². The van der Waals surface area contributed by atoms with Crippen LogP contribution in [-0.2, 0) is 17.9 Å². The fraction of sp³-hybridized carbons (Fsp3) is 0.355. The first kappa shape index (κ1) is 29.2. The summed E-state index contributed by atoms with van der Waals surface area (Å²) in [4.78, 5) is 31.3. The highest BCUT2D eigenvalue weighted by Gasteiger charge is 2.25. The van der Waals surface area contributed by atoms with Gasteiger partial charge in [0.2, 0.25) is 5.91 Å². The van der Waals surface area contributed by atoms with Gasteiger partial charge in [0.05, 0.1) is 12.2 Å². The Bertz CT molecular complexity index is 1220. The molecule has 0 saturated carbocycles. The molecule has 0 radical (unpaired) electrons. The lowest BCUT2D eigenvalue weighted by Crippen LogP contribution is -2.40. The first-order valence-electron chi connectivity index (χ1n) is 12.9. The molecule has 1 aliphatic heterocycles. The normalized spacial score (nSPS) is 14.1. The van der Waals surface area contributed by atoms with Gasteiger partial charge in [0.1, 0.15) is 0 Å². The van der Waals surface area contributed by atoms with Gasteiger partial charge in [-0.15, -0.1) is 0 Å². The number of nitrogen functional groups attached to an aromatic ring is 1. The van der Waals surface area contributed by atoms with E-state index in [1.165, 1.54) is 0 Å². The second-order valence-corrected chi connectivity index (χ2v) is 10.8. The molecule has 1 heterocycles. The van der Waals surface area contributed by atoms with Crippen molar-refractivity contribution in [2.75, 3.05) is 30.8 Å². The summed E-state index contributed by atoms with van der Waals surface area (Å²) in [6, 6.07) is 13.2. The average Bonchev–Trinajstić information content (AvgIpc) is 3.43. The van der Waals surface area contributed by atoms with Crippen LogP contribution >= 0.6 is 11.6 Å². The van der Waals surface area contributed by atoms with Gasteiger partial charge in [0.25, 0.3) is 5.91 Å². The lowest BCUT2D eigenvalue weighted by molar-refractivity contribution is -0.116. The van der Waals surface area contributed by atoms with Crippen molar-refractivity contribution in [3.05, 3.63) is 94.6 Å². The topological polar surface area (TPSA) is 69.9 Å². The number of carbonyl (C=O) groups excluding carboxylic acids is 2. The van der Waals surface area contributed by atoms with E-state index >= 15 is 0 Å². The zero-order valence-corrected chi connectivity index (χ0v) is 23.8. The number of allylic oxidation sites excluding steroid dienone is 3. The minimum Gasteiger partial charge on any atom is -0.399 e. The van der Waals surface area contributed by atoms with E-state index in [1.807, 2.05) is 73.7 Å². The molecule has 202 valence electrons. The van der Waals surface area contributed by atoms with Crippen LogP contribution in [0.15, 0.2) is 77.9 Å². The Morgan fingerprint density at radius 3 is 2.34 bits per heavy atom. The molecule has 38 heavy (non-hydrogen) atoms. The van der Waals surface area contributed by atoms with E-state index in [2.05, 4.69) is 31.9 Å². The highest BCUT2D eigenvalue weighted by atomic mass is 35.5. The lowest BCUT2D eigenvalue weighted by Gasteiger charge is -2.36. The number of hydrogen-bond acceptors (Lipinski definition) is 4. The summed E-state index contributed by atoms with van der Waals surface area (Å²) < 4.78 is 0. The second-order valence-electron chi connectivity index (χ2n) is 10.3. The Kier molecular flexibility index (Phi) is 9.95. The highest BCUT2D eigenvalue weighted by molar-refractivity contribution is 6.31.